The molecule has 138 valence electrons. The summed E-state index contributed by atoms with van der Waals surface area (Å²) in [5.41, 5.74) is 2.02. The first-order chi connectivity index (χ1) is 11.5. The lowest BCUT2D eigenvalue weighted by atomic mass is 10.1. The van der Waals surface area contributed by atoms with Crippen LogP contribution in [0.5, 0.6) is 0 Å². The van der Waals surface area contributed by atoms with Crippen LogP contribution in [0.4, 0.5) is 0 Å². The highest BCUT2D eigenvalue weighted by Gasteiger charge is 2.06. The first-order valence-electron chi connectivity index (χ1n) is 7.78. The first kappa shape index (κ1) is 21.4. The second-order valence-electron chi connectivity index (χ2n) is 5.37. The van der Waals surface area contributed by atoms with Gasteiger partial charge < -0.3 is 10.6 Å². The average molecular weight is 477 g/mol. The molecule has 0 spiro atoms. The van der Waals surface area contributed by atoms with Crippen molar-refractivity contribution in [2.45, 2.75) is 24.8 Å². The number of aromatic amines is 1. The van der Waals surface area contributed by atoms with Crippen LogP contribution in [-0.4, -0.2) is 43.9 Å². The van der Waals surface area contributed by atoms with Gasteiger partial charge in [-0.25, -0.2) is 13.4 Å². The predicted octanol–water partition coefficient (Wildman–Crippen LogP) is 1.73. The minimum atomic E-state index is -3.14. The second-order valence-corrected chi connectivity index (χ2v) is 7.39. The van der Waals surface area contributed by atoms with Gasteiger partial charge in [-0.3, -0.25) is 5.10 Å². The van der Waals surface area contributed by atoms with E-state index >= 15 is 0 Å². The summed E-state index contributed by atoms with van der Waals surface area (Å²) in [6, 6.07) is 8.85. The molecule has 1 aromatic heterocycles. The summed E-state index contributed by atoms with van der Waals surface area (Å²) in [6.07, 6.45) is 3.69. The van der Waals surface area contributed by atoms with Crippen LogP contribution in [0.1, 0.15) is 18.2 Å². The molecule has 0 saturated carbocycles. The summed E-state index contributed by atoms with van der Waals surface area (Å²) in [5, 5.41) is 13.2. The number of aromatic nitrogens is 2. The van der Waals surface area contributed by atoms with E-state index < -0.39 is 9.84 Å². The molecule has 2 rings (SSSR count). The normalized spacial score (nSPS) is 11.7. The maximum Gasteiger partial charge on any atom is 0.191 e. The van der Waals surface area contributed by atoms with Crippen molar-refractivity contribution >= 4 is 39.8 Å². The van der Waals surface area contributed by atoms with Crippen molar-refractivity contribution in [2.75, 3.05) is 19.3 Å². The van der Waals surface area contributed by atoms with Crippen molar-refractivity contribution in [3.63, 3.8) is 0 Å². The zero-order valence-corrected chi connectivity index (χ0v) is 17.5. The fourth-order valence-electron chi connectivity index (χ4n) is 2.11. The Labute approximate surface area is 165 Å². The van der Waals surface area contributed by atoms with E-state index in [0.717, 1.165) is 30.2 Å². The zero-order chi connectivity index (χ0) is 17.4. The van der Waals surface area contributed by atoms with Crippen LogP contribution in [0.3, 0.4) is 0 Å². The smallest absolute Gasteiger partial charge is 0.191 e. The summed E-state index contributed by atoms with van der Waals surface area (Å²) >= 11 is 0. The molecule has 1 aromatic carbocycles. The zero-order valence-electron chi connectivity index (χ0n) is 14.3. The van der Waals surface area contributed by atoms with Crippen LogP contribution < -0.4 is 10.6 Å². The highest BCUT2D eigenvalue weighted by Crippen LogP contribution is 2.10. The Morgan fingerprint density at radius 3 is 2.48 bits per heavy atom. The highest BCUT2D eigenvalue weighted by atomic mass is 127. The fraction of sp³-hybridized carbons (Fsp3) is 0.375. The van der Waals surface area contributed by atoms with Crippen molar-refractivity contribution in [1.29, 1.82) is 0 Å². The predicted molar refractivity (Wildman–Crippen MR) is 110 cm³/mol. The third-order valence-electron chi connectivity index (χ3n) is 3.37. The number of nitrogens with one attached hydrogen (secondary N) is 3. The Balaban J connectivity index is 0.00000312. The lowest BCUT2D eigenvalue weighted by Crippen LogP contribution is -2.38. The number of aliphatic imine (C=N–C) groups is 1. The summed E-state index contributed by atoms with van der Waals surface area (Å²) in [7, 11) is -3.14. The van der Waals surface area contributed by atoms with E-state index in [1.807, 2.05) is 25.1 Å². The van der Waals surface area contributed by atoms with Crippen LogP contribution in [0.25, 0.3) is 0 Å². The van der Waals surface area contributed by atoms with E-state index in [2.05, 4.69) is 25.8 Å². The van der Waals surface area contributed by atoms with Gasteiger partial charge in [0.25, 0.3) is 0 Å². The molecule has 0 aliphatic carbocycles. The molecule has 1 heterocycles. The molecule has 0 fully saturated rings. The molecular weight excluding hydrogens is 453 g/mol. The van der Waals surface area contributed by atoms with Crippen molar-refractivity contribution in [3.05, 3.63) is 47.8 Å². The van der Waals surface area contributed by atoms with Crippen LogP contribution in [0.15, 0.2) is 46.4 Å². The molecule has 0 bridgehead atoms. The van der Waals surface area contributed by atoms with Gasteiger partial charge in [0.05, 0.1) is 17.1 Å². The summed E-state index contributed by atoms with van der Waals surface area (Å²) in [4.78, 5) is 4.82. The molecule has 0 atom stereocenters. The van der Waals surface area contributed by atoms with Crippen LogP contribution in [-0.2, 0) is 22.8 Å². The summed E-state index contributed by atoms with van der Waals surface area (Å²) < 4.78 is 22.9. The van der Waals surface area contributed by atoms with E-state index in [4.69, 9.17) is 0 Å². The molecule has 2 aromatic rings. The van der Waals surface area contributed by atoms with Crippen LogP contribution in [0, 0.1) is 0 Å². The molecule has 0 radical (unpaired) electrons. The Hall–Kier alpha value is -1.62. The average Bonchev–Trinajstić information content (AvgIpc) is 3.05. The van der Waals surface area contributed by atoms with Crippen LogP contribution >= 0.6 is 24.0 Å². The molecule has 0 aliphatic heterocycles. The molecule has 7 nitrogen and oxygen atoms in total. The third kappa shape index (κ3) is 7.43. The van der Waals surface area contributed by atoms with Gasteiger partial charge in [-0.2, -0.15) is 5.10 Å². The minimum absolute atomic E-state index is 0. The molecule has 0 aliphatic rings. The van der Waals surface area contributed by atoms with E-state index in [1.165, 1.54) is 6.26 Å². The molecule has 3 N–H and O–H groups in total. The van der Waals surface area contributed by atoms with E-state index in [-0.39, 0.29) is 24.0 Å². The number of benzene rings is 1. The van der Waals surface area contributed by atoms with Crippen molar-refractivity contribution in [3.8, 4) is 0 Å². The molecule has 0 saturated heterocycles. The van der Waals surface area contributed by atoms with Gasteiger partial charge in [-0.15, -0.1) is 24.0 Å². The van der Waals surface area contributed by atoms with Gasteiger partial charge in [-0.05, 0) is 37.1 Å². The molecule has 0 amide bonds. The van der Waals surface area contributed by atoms with Crippen molar-refractivity contribution < 1.29 is 8.42 Å². The second kappa shape index (κ2) is 10.4. The van der Waals surface area contributed by atoms with Gasteiger partial charge in [0.15, 0.2) is 15.8 Å². The molecule has 9 heteroatoms. The quantitative estimate of drug-likeness (QED) is 0.321. The van der Waals surface area contributed by atoms with Crippen molar-refractivity contribution in [2.24, 2.45) is 4.99 Å². The summed E-state index contributed by atoms with van der Waals surface area (Å²) in [5.74, 6) is 0.736. The van der Waals surface area contributed by atoms with E-state index in [9.17, 15) is 8.42 Å². The topological polar surface area (TPSA) is 99.2 Å². The minimum Gasteiger partial charge on any atom is -0.357 e. The Bertz CT molecular complexity index is 758. The number of hydrogen-bond donors (Lipinski definition) is 3. The van der Waals surface area contributed by atoms with Gasteiger partial charge in [0.1, 0.15) is 0 Å². The van der Waals surface area contributed by atoms with Gasteiger partial charge >= 0.3 is 0 Å². The molecule has 0 unspecified atom stereocenters. The number of sulfone groups is 1. The standard InChI is InChI=1S/C16H23N5O2S.HI/c1-3-17-16(19-12-14-9-11-20-21-14)18-10-8-13-4-6-15(7-5-13)24(2,22)23;/h4-7,9,11H,3,8,10,12H2,1-2H3,(H,20,21)(H2,17,18,19);1H. The maximum absolute atomic E-state index is 11.4. The number of guanidine groups is 1. The maximum atomic E-state index is 11.4. The molecule has 25 heavy (non-hydrogen) atoms. The Morgan fingerprint density at radius 1 is 1.20 bits per heavy atom. The van der Waals surface area contributed by atoms with Gasteiger partial charge in [0.2, 0.25) is 0 Å². The van der Waals surface area contributed by atoms with Crippen molar-refractivity contribution in [1.82, 2.24) is 20.8 Å². The van der Waals surface area contributed by atoms with Crippen LogP contribution in [0.2, 0.25) is 0 Å². The van der Waals surface area contributed by atoms with E-state index in [0.29, 0.717) is 18.0 Å². The SMILES string of the molecule is CCNC(=NCc1ccn[nH]1)NCCc1ccc(S(C)(=O)=O)cc1.I. The number of nitrogens with zero attached hydrogens (tertiary/aromatic N) is 2. The Morgan fingerprint density at radius 2 is 1.92 bits per heavy atom. The highest BCUT2D eigenvalue weighted by molar-refractivity contribution is 14.0. The summed E-state index contributed by atoms with van der Waals surface area (Å²) in [6.45, 7) is 4.01. The Kier molecular flexibility index (Phi) is 8.90. The number of H-pyrrole nitrogens is 1. The lowest BCUT2D eigenvalue weighted by molar-refractivity contribution is 0.602. The van der Waals surface area contributed by atoms with E-state index in [1.54, 1.807) is 18.3 Å². The third-order valence-corrected chi connectivity index (χ3v) is 4.50. The largest absolute Gasteiger partial charge is 0.357 e. The molecular formula is C16H24IN5O2S. The number of halogens is 1. The number of hydrogen-bond acceptors (Lipinski definition) is 4. The fourth-order valence-corrected chi connectivity index (χ4v) is 2.74. The lowest BCUT2D eigenvalue weighted by Gasteiger charge is -2.11. The monoisotopic (exact) mass is 477 g/mol. The van der Waals surface area contributed by atoms with Gasteiger partial charge in [-0.1, -0.05) is 12.1 Å². The first-order valence-corrected chi connectivity index (χ1v) is 9.67. The number of rotatable bonds is 7. The van der Waals surface area contributed by atoms with Gasteiger partial charge in [0, 0.05) is 25.5 Å².